The summed E-state index contributed by atoms with van der Waals surface area (Å²) < 4.78 is 29.7. The van der Waals surface area contributed by atoms with Crippen molar-refractivity contribution in [1.29, 1.82) is 0 Å². The quantitative estimate of drug-likeness (QED) is 0.193. The van der Waals surface area contributed by atoms with Gasteiger partial charge < -0.3 is 10.2 Å². The highest BCUT2D eigenvalue weighted by Gasteiger charge is 2.33. The van der Waals surface area contributed by atoms with Gasteiger partial charge in [0.15, 0.2) is 0 Å². The summed E-state index contributed by atoms with van der Waals surface area (Å²) in [5.74, 6) is -0.689. The lowest BCUT2D eigenvalue weighted by molar-refractivity contribution is -0.140. The third kappa shape index (κ3) is 8.28. The Morgan fingerprint density at radius 1 is 0.949 bits per heavy atom. The predicted molar refractivity (Wildman–Crippen MR) is 164 cm³/mol. The topological polar surface area (TPSA) is 86.8 Å². The number of unbranched alkanes of at least 4 members (excludes halogenated alkanes) is 1. The van der Waals surface area contributed by atoms with Crippen LogP contribution in [-0.2, 0) is 26.2 Å². The van der Waals surface area contributed by atoms with E-state index in [1.807, 2.05) is 45.0 Å². The molecule has 2 amide bonds. The number of aryl methyl sites for hydroxylation is 1. The van der Waals surface area contributed by atoms with Crippen LogP contribution in [0.3, 0.4) is 0 Å². The summed E-state index contributed by atoms with van der Waals surface area (Å²) in [7, 11) is -4.06. The molecule has 0 aromatic heterocycles. The van der Waals surface area contributed by atoms with Crippen molar-refractivity contribution in [3.05, 3.63) is 93.6 Å². The minimum absolute atomic E-state index is 0.0888. The molecule has 1 atom stereocenters. The standard InChI is InChI=1S/C30H36IN3O4S/c1-4-6-19-32-30(36)28(5-2)33(21-24-12-10-11-23(3)20-24)29(35)22-34(26-17-15-25(31)16-18-26)39(37,38)27-13-8-7-9-14-27/h7-18,20,28H,4-6,19,21-22H2,1-3H3,(H,32,36)/t28-/m0/s1. The molecule has 0 saturated carbocycles. The van der Waals surface area contributed by atoms with Crippen LogP contribution in [0.25, 0.3) is 0 Å². The molecular weight excluding hydrogens is 625 g/mol. The van der Waals surface area contributed by atoms with E-state index in [9.17, 15) is 18.0 Å². The zero-order chi connectivity index (χ0) is 28.4. The Morgan fingerprint density at radius 3 is 2.26 bits per heavy atom. The van der Waals surface area contributed by atoms with Crippen molar-refractivity contribution in [1.82, 2.24) is 10.2 Å². The van der Waals surface area contributed by atoms with Crippen LogP contribution in [0.1, 0.15) is 44.2 Å². The van der Waals surface area contributed by atoms with Crippen molar-refractivity contribution in [3.8, 4) is 0 Å². The van der Waals surface area contributed by atoms with Gasteiger partial charge in [-0.15, -0.1) is 0 Å². The number of carbonyl (C=O) groups is 2. The summed E-state index contributed by atoms with van der Waals surface area (Å²) >= 11 is 2.15. The molecule has 7 nitrogen and oxygen atoms in total. The average molecular weight is 662 g/mol. The largest absolute Gasteiger partial charge is 0.354 e. The van der Waals surface area contributed by atoms with E-state index in [0.29, 0.717) is 18.7 Å². The van der Waals surface area contributed by atoms with Crippen LogP contribution in [0.5, 0.6) is 0 Å². The molecule has 0 aliphatic heterocycles. The molecule has 0 unspecified atom stereocenters. The third-order valence-electron chi connectivity index (χ3n) is 6.38. The van der Waals surface area contributed by atoms with Crippen LogP contribution >= 0.6 is 22.6 Å². The van der Waals surface area contributed by atoms with Gasteiger partial charge in [-0.1, -0.05) is 68.3 Å². The van der Waals surface area contributed by atoms with Crippen LogP contribution in [0.2, 0.25) is 0 Å². The summed E-state index contributed by atoms with van der Waals surface area (Å²) in [5.41, 5.74) is 2.28. The molecule has 9 heteroatoms. The first kappa shape index (κ1) is 30.6. The van der Waals surface area contributed by atoms with E-state index < -0.39 is 28.5 Å². The molecule has 208 valence electrons. The van der Waals surface area contributed by atoms with E-state index in [2.05, 4.69) is 27.9 Å². The van der Waals surface area contributed by atoms with Crippen LogP contribution < -0.4 is 9.62 Å². The number of sulfonamides is 1. The number of anilines is 1. The maximum absolute atomic E-state index is 14.0. The number of amides is 2. The summed E-state index contributed by atoms with van der Waals surface area (Å²) in [6.07, 6.45) is 2.17. The monoisotopic (exact) mass is 661 g/mol. The first-order valence-electron chi connectivity index (χ1n) is 13.1. The van der Waals surface area contributed by atoms with Crippen molar-refractivity contribution in [3.63, 3.8) is 0 Å². The van der Waals surface area contributed by atoms with Gasteiger partial charge in [0, 0.05) is 16.7 Å². The molecule has 39 heavy (non-hydrogen) atoms. The molecule has 0 radical (unpaired) electrons. The average Bonchev–Trinajstić information content (AvgIpc) is 2.92. The molecule has 0 saturated heterocycles. The van der Waals surface area contributed by atoms with Gasteiger partial charge in [-0.3, -0.25) is 13.9 Å². The van der Waals surface area contributed by atoms with Gasteiger partial charge >= 0.3 is 0 Å². The van der Waals surface area contributed by atoms with E-state index >= 15 is 0 Å². The lowest BCUT2D eigenvalue weighted by Gasteiger charge is -2.33. The highest BCUT2D eigenvalue weighted by Crippen LogP contribution is 2.25. The second-order valence-corrected chi connectivity index (χ2v) is 12.5. The minimum atomic E-state index is -4.06. The van der Waals surface area contributed by atoms with E-state index in [1.54, 1.807) is 42.5 Å². The first-order chi connectivity index (χ1) is 18.7. The summed E-state index contributed by atoms with van der Waals surface area (Å²) in [4.78, 5) is 28.9. The SMILES string of the molecule is CCCCNC(=O)[C@H](CC)N(Cc1cccc(C)c1)C(=O)CN(c1ccc(I)cc1)S(=O)(=O)c1ccccc1. The van der Waals surface area contributed by atoms with Gasteiger partial charge in [-0.25, -0.2) is 8.42 Å². The van der Waals surface area contributed by atoms with Crippen molar-refractivity contribution < 1.29 is 18.0 Å². The lowest BCUT2D eigenvalue weighted by atomic mass is 10.1. The van der Waals surface area contributed by atoms with Crippen molar-refractivity contribution in [2.24, 2.45) is 0 Å². The fourth-order valence-electron chi connectivity index (χ4n) is 4.29. The fraction of sp³-hybridized carbons (Fsp3) is 0.333. The Labute approximate surface area is 245 Å². The van der Waals surface area contributed by atoms with Gasteiger partial charge in [0.2, 0.25) is 11.8 Å². The Kier molecular flexibility index (Phi) is 11.4. The van der Waals surface area contributed by atoms with Crippen molar-refractivity contribution in [2.75, 3.05) is 17.4 Å². The van der Waals surface area contributed by atoms with Gasteiger partial charge in [-0.2, -0.15) is 0 Å². The van der Waals surface area contributed by atoms with Crippen LogP contribution in [0.15, 0.2) is 83.8 Å². The van der Waals surface area contributed by atoms with Gasteiger partial charge in [0.25, 0.3) is 10.0 Å². The molecule has 1 N–H and O–H groups in total. The zero-order valence-electron chi connectivity index (χ0n) is 22.6. The van der Waals surface area contributed by atoms with Gasteiger partial charge in [0.05, 0.1) is 10.6 Å². The molecule has 3 aromatic rings. The number of nitrogens with zero attached hydrogens (tertiary/aromatic N) is 2. The van der Waals surface area contributed by atoms with E-state index in [-0.39, 0.29) is 17.3 Å². The first-order valence-corrected chi connectivity index (χ1v) is 15.6. The molecule has 3 aromatic carbocycles. The van der Waals surface area contributed by atoms with E-state index in [1.165, 1.54) is 17.0 Å². The maximum atomic E-state index is 14.0. The number of halogens is 1. The number of hydrogen-bond acceptors (Lipinski definition) is 4. The zero-order valence-corrected chi connectivity index (χ0v) is 25.6. The lowest BCUT2D eigenvalue weighted by Crippen LogP contribution is -2.52. The molecule has 0 spiro atoms. The summed E-state index contributed by atoms with van der Waals surface area (Å²) in [6, 6.07) is 22.1. The Balaban J connectivity index is 2.02. The highest BCUT2D eigenvalue weighted by atomic mass is 127. The second-order valence-electron chi connectivity index (χ2n) is 9.38. The molecule has 3 rings (SSSR count). The normalized spacial score (nSPS) is 12.0. The summed E-state index contributed by atoms with van der Waals surface area (Å²) in [5, 5.41) is 2.95. The fourth-order valence-corrected chi connectivity index (χ4v) is 6.08. The number of benzene rings is 3. The van der Waals surface area contributed by atoms with E-state index in [4.69, 9.17) is 0 Å². The Bertz CT molecular complexity index is 1350. The Morgan fingerprint density at radius 2 is 1.64 bits per heavy atom. The number of hydrogen-bond donors (Lipinski definition) is 1. The van der Waals surface area contributed by atoms with Crippen LogP contribution in [0, 0.1) is 10.5 Å². The van der Waals surface area contributed by atoms with Crippen LogP contribution in [0.4, 0.5) is 5.69 Å². The molecule has 0 bridgehead atoms. The summed E-state index contributed by atoms with van der Waals surface area (Å²) in [6.45, 7) is 6.14. The number of nitrogens with one attached hydrogen (secondary N) is 1. The van der Waals surface area contributed by atoms with Crippen molar-refractivity contribution >= 4 is 50.1 Å². The van der Waals surface area contributed by atoms with Gasteiger partial charge in [-0.05, 0) is 84.3 Å². The molecule has 0 aliphatic carbocycles. The number of rotatable bonds is 13. The predicted octanol–water partition coefficient (Wildman–Crippen LogP) is 5.52. The van der Waals surface area contributed by atoms with Crippen LogP contribution in [-0.4, -0.2) is 44.3 Å². The smallest absolute Gasteiger partial charge is 0.264 e. The van der Waals surface area contributed by atoms with Gasteiger partial charge in [0.1, 0.15) is 12.6 Å². The highest BCUT2D eigenvalue weighted by molar-refractivity contribution is 14.1. The third-order valence-corrected chi connectivity index (χ3v) is 8.88. The Hall–Kier alpha value is -2.92. The number of carbonyl (C=O) groups excluding carboxylic acids is 2. The maximum Gasteiger partial charge on any atom is 0.264 e. The second kappa shape index (κ2) is 14.5. The van der Waals surface area contributed by atoms with Crippen molar-refractivity contribution in [2.45, 2.75) is 57.5 Å². The molecule has 0 heterocycles. The molecule has 0 aliphatic rings. The molecule has 0 fully saturated rings. The minimum Gasteiger partial charge on any atom is -0.354 e. The van der Waals surface area contributed by atoms with E-state index in [0.717, 1.165) is 31.8 Å². The molecular formula is C30H36IN3O4S.